The fraction of sp³-hybridized carbons (Fsp3) is 0.529. The summed E-state index contributed by atoms with van der Waals surface area (Å²) in [6.07, 6.45) is -4.77. The Morgan fingerprint density at radius 3 is 2.19 bits per heavy atom. The number of benzene rings is 1. The Hall–Kier alpha value is -2.29. The summed E-state index contributed by atoms with van der Waals surface area (Å²) in [5.41, 5.74) is 0.332. The van der Waals surface area contributed by atoms with Crippen molar-refractivity contribution in [2.75, 3.05) is 18.4 Å². The molecule has 1 aromatic carbocycles. The molecular formula is C17H24F3N3O3. The number of hydrogen-bond acceptors (Lipinski definition) is 4. The standard InChI is InChI=1S/C17H24F3N3O3/c1-5-23(10-15(24)21-11(2)3)12(4)16(25)22-13-6-8-14(9-7-13)26-17(18,19)20/h6-9,11-12H,5,10H2,1-4H3,(H,21,24)(H,22,25). The smallest absolute Gasteiger partial charge is 0.406 e. The highest BCUT2D eigenvalue weighted by Crippen LogP contribution is 2.24. The summed E-state index contributed by atoms with van der Waals surface area (Å²) in [7, 11) is 0. The molecule has 0 aromatic heterocycles. The van der Waals surface area contributed by atoms with E-state index in [1.807, 2.05) is 20.8 Å². The monoisotopic (exact) mass is 375 g/mol. The molecule has 1 aromatic rings. The van der Waals surface area contributed by atoms with E-state index in [2.05, 4.69) is 15.4 Å². The van der Waals surface area contributed by atoms with E-state index in [1.54, 1.807) is 11.8 Å². The van der Waals surface area contributed by atoms with Gasteiger partial charge in [-0.3, -0.25) is 14.5 Å². The summed E-state index contributed by atoms with van der Waals surface area (Å²) >= 11 is 0. The fourth-order valence-corrected chi connectivity index (χ4v) is 2.23. The molecule has 1 atom stereocenters. The first kappa shape index (κ1) is 21.8. The van der Waals surface area contributed by atoms with Gasteiger partial charge in [-0.2, -0.15) is 0 Å². The van der Waals surface area contributed by atoms with Crippen molar-refractivity contribution in [3.05, 3.63) is 24.3 Å². The number of carbonyl (C=O) groups excluding carboxylic acids is 2. The fourth-order valence-electron chi connectivity index (χ4n) is 2.23. The lowest BCUT2D eigenvalue weighted by molar-refractivity contribution is -0.274. The van der Waals surface area contributed by atoms with Gasteiger partial charge < -0.3 is 15.4 Å². The molecule has 0 fully saturated rings. The highest BCUT2D eigenvalue weighted by Gasteiger charge is 2.31. The SMILES string of the molecule is CCN(CC(=O)NC(C)C)C(C)C(=O)Nc1ccc(OC(F)(F)F)cc1. The van der Waals surface area contributed by atoms with Gasteiger partial charge in [-0.1, -0.05) is 6.92 Å². The van der Waals surface area contributed by atoms with Crippen molar-refractivity contribution in [2.45, 2.75) is 46.1 Å². The number of amides is 2. The molecule has 9 heteroatoms. The number of nitrogens with one attached hydrogen (secondary N) is 2. The first-order valence-electron chi connectivity index (χ1n) is 8.22. The molecule has 0 saturated carbocycles. The average molecular weight is 375 g/mol. The predicted octanol–water partition coefficient (Wildman–Crippen LogP) is 2.76. The summed E-state index contributed by atoms with van der Waals surface area (Å²) in [6.45, 7) is 7.73. The number of alkyl halides is 3. The molecule has 0 heterocycles. The van der Waals surface area contributed by atoms with Crippen molar-refractivity contribution >= 4 is 17.5 Å². The first-order valence-corrected chi connectivity index (χ1v) is 8.22. The number of hydrogen-bond donors (Lipinski definition) is 2. The average Bonchev–Trinajstić information content (AvgIpc) is 2.51. The highest BCUT2D eigenvalue weighted by atomic mass is 19.4. The van der Waals surface area contributed by atoms with Crippen LogP contribution in [0.25, 0.3) is 0 Å². The van der Waals surface area contributed by atoms with E-state index in [0.29, 0.717) is 12.2 Å². The molecular weight excluding hydrogens is 351 g/mol. The topological polar surface area (TPSA) is 70.7 Å². The van der Waals surface area contributed by atoms with Gasteiger partial charge in [0, 0.05) is 11.7 Å². The summed E-state index contributed by atoms with van der Waals surface area (Å²) in [5.74, 6) is -0.923. The quantitative estimate of drug-likeness (QED) is 0.733. The third kappa shape index (κ3) is 7.73. The maximum Gasteiger partial charge on any atom is 0.573 e. The maximum absolute atomic E-state index is 12.3. The molecule has 0 aliphatic heterocycles. The Morgan fingerprint density at radius 1 is 1.15 bits per heavy atom. The van der Waals surface area contributed by atoms with Crippen LogP contribution in [-0.2, 0) is 9.59 Å². The van der Waals surface area contributed by atoms with Crippen LogP contribution in [0.4, 0.5) is 18.9 Å². The number of rotatable bonds is 8. The molecule has 2 amide bonds. The van der Waals surface area contributed by atoms with Crippen LogP contribution in [0.5, 0.6) is 5.75 Å². The molecule has 146 valence electrons. The van der Waals surface area contributed by atoms with Gasteiger partial charge in [0.25, 0.3) is 0 Å². The van der Waals surface area contributed by atoms with Crippen LogP contribution in [0, 0.1) is 0 Å². The lowest BCUT2D eigenvalue weighted by Crippen LogP contribution is -2.47. The second-order valence-corrected chi connectivity index (χ2v) is 6.02. The molecule has 0 bridgehead atoms. The molecule has 2 N–H and O–H groups in total. The number of nitrogens with zero attached hydrogens (tertiary/aromatic N) is 1. The van der Waals surface area contributed by atoms with Crippen LogP contribution in [0.3, 0.4) is 0 Å². The minimum Gasteiger partial charge on any atom is -0.406 e. The summed E-state index contributed by atoms with van der Waals surface area (Å²) in [6, 6.07) is 4.26. The van der Waals surface area contributed by atoms with E-state index in [-0.39, 0.29) is 30.2 Å². The summed E-state index contributed by atoms with van der Waals surface area (Å²) < 4.78 is 40.2. The Labute approximate surface area is 150 Å². The lowest BCUT2D eigenvalue weighted by Gasteiger charge is -2.26. The lowest BCUT2D eigenvalue weighted by atomic mass is 10.2. The zero-order valence-corrected chi connectivity index (χ0v) is 15.2. The molecule has 1 unspecified atom stereocenters. The van der Waals surface area contributed by atoms with E-state index in [1.165, 1.54) is 12.1 Å². The summed E-state index contributed by atoms with van der Waals surface area (Å²) in [5, 5.41) is 5.37. The van der Waals surface area contributed by atoms with Crippen molar-refractivity contribution in [3.63, 3.8) is 0 Å². The van der Waals surface area contributed by atoms with Crippen molar-refractivity contribution in [1.82, 2.24) is 10.2 Å². The van der Waals surface area contributed by atoms with Gasteiger partial charge in [0.2, 0.25) is 11.8 Å². The Balaban J connectivity index is 2.65. The number of halogens is 3. The van der Waals surface area contributed by atoms with E-state index in [9.17, 15) is 22.8 Å². The van der Waals surface area contributed by atoms with Gasteiger partial charge in [-0.25, -0.2) is 0 Å². The molecule has 0 aliphatic rings. The van der Waals surface area contributed by atoms with Crippen LogP contribution >= 0.6 is 0 Å². The number of carbonyl (C=O) groups is 2. The normalized spacial score (nSPS) is 12.8. The zero-order chi connectivity index (χ0) is 19.9. The van der Waals surface area contributed by atoms with Crippen molar-refractivity contribution < 1.29 is 27.5 Å². The van der Waals surface area contributed by atoms with E-state index >= 15 is 0 Å². The zero-order valence-electron chi connectivity index (χ0n) is 15.2. The van der Waals surface area contributed by atoms with Gasteiger partial charge in [-0.15, -0.1) is 13.2 Å². The van der Waals surface area contributed by atoms with Gasteiger partial charge in [0.05, 0.1) is 12.6 Å². The maximum atomic E-state index is 12.3. The van der Waals surface area contributed by atoms with Gasteiger partial charge in [-0.05, 0) is 51.6 Å². The van der Waals surface area contributed by atoms with Crippen LogP contribution in [-0.4, -0.2) is 48.2 Å². The predicted molar refractivity (Wildman–Crippen MR) is 91.7 cm³/mol. The molecule has 1 rings (SSSR count). The summed E-state index contributed by atoms with van der Waals surface area (Å²) in [4.78, 5) is 25.9. The molecule has 0 aliphatic carbocycles. The molecule has 0 radical (unpaired) electrons. The van der Waals surface area contributed by atoms with Gasteiger partial charge in [0.1, 0.15) is 5.75 Å². The van der Waals surface area contributed by atoms with Crippen LogP contribution in [0.2, 0.25) is 0 Å². The minimum atomic E-state index is -4.77. The van der Waals surface area contributed by atoms with E-state index in [0.717, 1.165) is 12.1 Å². The van der Waals surface area contributed by atoms with Crippen molar-refractivity contribution in [1.29, 1.82) is 0 Å². The van der Waals surface area contributed by atoms with Crippen molar-refractivity contribution in [2.24, 2.45) is 0 Å². The van der Waals surface area contributed by atoms with E-state index < -0.39 is 12.4 Å². The molecule has 26 heavy (non-hydrogen) atoms. The third-order valence-corrected chi connectivity index (χ3v) is 3.49. The highest BCUT2D eigenvalue weighted by molar-refractivity contribution is 5.95. The second-order valence-electron chi connectivity index (χ2n) is 6.02. The molecule has 0 spiro atoms. The van der Waals surface area contributed by atoms with Crippen LogP contribution in [0.1, 0.15) is 27.7 Å². The number of likely N-dealkylation sites (N-methyl/N-ethyl adjacent to an activating group) is 1. The Kier molecular flexibility index (Phi) is 7.88. The molecule has 6 nitrogen and oxygen atoms in total. The van der Waals surface area contributed by atoms with Crippen LogP contribution in [0.15, 0.2) is 24.3 Å². The van der Waals surface area contributed by atoms with Crippen molar-refractivity contribution in [3.8, 4) is 5.75 Å². The second kappa shape index (κ2) is 9.42. The Morgan fingerprint density at radius 2 is 1.73 bits per heavy atom. The van der Waals surface area contributed by atoms with Crippen LogP contribution < -0.4 is 15.4 Å². The number of ether oxygens (including phenoxy) is 1. The third-order valence-electron chi connectivity index (χ3n) is 3.49. The molecule has 0 saturated heterocycles. The van der Waals surface area contributed by atoms with Gasteiger partial charge in [0.15, 0.2) is 0 Å². The van der Waals surface area contributed by atoms with Gasteiger partial charge >= 0.3 is 6.36 Å². The number of anilines is 1. The largest absolute Gasteiger partial charge is 0.573 e. The minimum absolute atomic E-state index is 0.00257. The Bertz CT molecular complexity index is 604. The van der Waals surface area contributed by atoms with E-state index in [4.69, 9.17) is 0 Å². The first-order chi connectivity index (χ1) is 12.0.